The maximum absolute atomic E-state index is 12.1. The molecule has 2 aliphatic rings. The summed E-state index contributed by atoms with van der Waals surface area (Å²) in [5, 5.41) is 0. The zero-order valence-corrected chi connectivity index (χ0v) is 11.1. The van der Waals surface area contributed by atoms with Crippen molar-refractivity contribution in [3.63, 3.8) is 0 Å². The Bertz CT molecular complexity index is 305. The first kappa shape index (κ1) is 13.3. The Balaban J connectivity index is 1.75. The van der Waals surface area contributed by atoms with E-state index in [2.05, 4.69) is 0 Å². The molecule has 0 radical (unpaired) electrons. The van der Waals surface area contributed by atoms with Gasteiger partial charge >= 0.3 is 0 Å². The lowest BCUT2D eigenvalue weighted by molar-refractivity contribution is -0.139. The molecule has 0 saturated carbocycles. The summed E-state index contributed by atoms with van der Waals surface area (Å²) < 4.78 is 5.40. The molecule has 0 aromatic carbocycles. The summed E-state index contributed by atoms with van der Waals surface area (Å²) in [6, 6.07) is 0. The van der Waals surface area contributed by atoms with Crippen LogP contribution in [0.3, 0.4) is 0 Å². The van der Waals surface area contributed by atoms with Crippen LogP contribution < -0.4 is 0 Å². The van der Waals surface area contributed by atoms with Gasteiger partial charge in [-0.1, -0.05) is 0 Å². The topological polar surface area (TPSA) is 49.9 Å². The van der Waals surface area contributed by atoms with E-state index in [1.807, 2.05) is 4.90 Å². The predicted octanol–water partition coefficient (Wildman–Crippen LogP) is 0.494. The molecule has 2 fully saturated rings. The Kier molecular flexibility index (Phi) is 4.58. The van der Waals surface area contributed by atoms with Crippen LogP contribution in [0.1, 0.15) is 26.2 Å². The van der Waals surface area contributed by atoms with Crippen molar-refractivity contribution in [2.75, 3.05) is 39.4 Å². The van der Waals surface area contributed by atoms with Gasteiger partial charge in [0.2, 0.25) is 11.8 Å². The van der Waals surface area contributed by atoms with Crippen LogP contribution in [0.25, 0.3) is 0 Å². The van der Waals surface area contributed by atoms with Crippen molar-refractivity contribution in [3.05, 3.63) is 0 Å². The molecular formula is C13H22N2O3. The van der Waals surface area contributed by atoms with Crippen molar-refractivity contribution in [2.45, 2.75) is 26.2 Å². The molecule has 0 spiro atoms. The Morgan fingerprint density at radius 2 is 1.83 bits per heavy atom. The highest BCUT2D eigenvalue weighted by molar-refractivity contribution is 5.77. The molecule has 0 aromatic rings. The standard InChI is InChI=1S/C13H22N2O3/c1-11(16)14-4-6-15(7-5-14)13(17)9-12-3-2-8-18-10-12/h12H,2-10H2,1H3. The molecule has 1 unspecified atom stereocenters. The van der Waals surface area contributed by atoms with Gasteiger partial charge in [0.25, 0.3) is 0 Å². The van der Waals surface area contributed by atoms with Gasteiger partial charge in [-0.15, -0.1) is 0 Å². The number of carbonyl (C=O) groups excluding carboxylic acids is 2. The van der Waals surface area contributed by atoms with Crippen LogP contribution in [0.5, 0.6) is 0 Å². The molecule has 2 rings (SSSR count). The molecule has 0 aliphatic carbocycles. The smallest absolute Gasteiger partial charge is 0.223 e. The van der Waals surface area contributed by atoms with Crippen LogP contribution in [0, 0.1) is 5.92 Å². The van der Waals surface area contributed by atoms with Crippen LogP contribution in [-0.4, -0.2) is 61.0 Å². The van der Waals surface area contributed by atoms with Gasteiger partial charge in [0, 0.05) is 52.7 Å². The van der Waals surface area contributed by atoms with Crippen LogP contribution >= 0.6 is 0 Å². The zero-order chi connectivity index (χ0) is 13.0. The van der Waals surface area contributed by atoms with Crippen molar-refractivity contribution in [1.82, 2.24) is 9.80 Å². The van der Waals surface area contributed by atoms with Gasteiger partial charge in [-0.25, -0.2) is 0 Å². The molecule has 2 aliphatic heterocycles. The number of piperazine rings is 1. The van der Waals surface area contributed by atoms with E-state index in [0.29, 0.717) is 38.5 Å². The van der Waals surface area contributed by atoms with E-state index in [1.165, 1.54) is 0 Å². The highest BCUT2D eigenvalue weighted by atomic mass is 16.5. The first-order chi connectivity index (χ1) is 8.66. The fraction of sp³-hybridized carbons (Fsp3) is 0.846. The van der Waals surface area contributed by atoms with Gasteiger partial charge in [0.05, 0.1) is 0 Å². The minimum atomic E-state index is 0.0998. The Morgan fingerprint density at radius 1 is 1.17 bits per heavy atom. The van der Waals surface area contributed by atoms with Crippen molar-refractivity contribution < 1.29 is 14.3 Å². The molecule has 2 saturated heterocycles. The summed E-state index contributed by atoms with van der Waals surface area (Å²) >= 11 is 0. The number of carbonyl (C=O) groups is 2. The minimum Gasteiger partial charge on any atom is -0.381 e. The monoisotopic (exact) mass is 254 g/mol. The number of ether oxygens (including phenoxy) is 1. The molecule has 5 heteroatoms. The molecule has 2 heterocycles. The summed E-state index contributed by atoms with van der Waals surface area (Å²) in [6.45, 7) is 5.82. The van der Waals surface area contributed by atoms with Gasteiger partial charge in [0.15, 0.2) is 0 Å². The fourth-order valence-corrected chi connectivity index (χ4v) is 2.62. The summed E-state index contributed by atoms with van der Waals surface area (Å²) in [7, 11) is 0. The second-order valence-electron chi connectivity index (χ2n) is 5.17. The van der Waals surface area contributed by atoms with E-state index in [0.717, 1.165) is 26.1 Å². The third kappa shape index (κ3) is 3.45. The first-order valence-electron chi connectivity index (χ1n) is 6.78. The van der Waals surface area contributed by atoms with Gasteiger partial charge in [0.1, 0.15) is 0 Å². The summed E-state index contributed by atoms with van der Waals surface area (Å²) in [5.41, 5.74) is 0. The molecule has 0 bridgehead atoms. The second kappa shape index (κ2) is 6.18. The van der Waals surface area contributed by atoms with E-state index in [4.69, 9.17) is 4.74 Å². The first-order valence-corrected chi connectivity index (χ1v) is 6.78. The van der Waals surface area contributed by atoms with Crippen LogP contribution in [-0.2, 0) is 14.3 Å². The highest BCUT2D eigenvalue weighted by Crippen LogP contribution is 2.18. The van der Waals surface area contributed by atoms with Crippen LogP contribution in [0.2, 0.25) is 0 Å². The van der Waals surface area contributed by atoms with Crippen molar-refractivity contribution in [1.29, 1.82) is 0 Å². The number of rotatable bonds is 2. The van der Waals surface area contributed by atoms with E-state index >= 15 is 0 Å². The van der Waals surface area contributed by atoms with E-state index < -0.39 is 0 Å². The number of nitrogens with zero attached hydrogens (tertiary/aromatic N) is 2. The highest BCUT2D eigenvalue weighted by Gasteiger charge is 2.25. The van der Waals surface area contributed by atoms with E-state index in [9.17, 15) is 9.59 Å². The van der Waals surface area contributed by atoms with Gasteiger partial charge < -0.3 is 14.5 Å². The second-order valence-corrected chi connectivity index (χ2v) is 5.17. The average Bonchev–Trinajstić information content (AvgIpc) is 2.40. The van der Waals surface area contributed by atoms with Crippen molar-refractivity contribution >= 4 is 11.8 Å². The number of hydrogen-bond donors (Lipinski definition) is 0. The molecule has 102 valence electrons. The Hall–Kier alpha value is -1.10. The maximum atomic E-state index is 12.1. The Labute approximate surface area is 108 Å². The quantitative estimate of drug-likeness (QED) is 0.721. The predicted molar refractivity (Wildman–Crippen MR) is 67.0 cm³/mol. The van der Waals surface area contributed by atoms with Crippen LogP contribution in [0.15, 0.2) is 0 Å². The molecule has 0 N–H and O–H groups in total. The van der Waals surface area contributed by atoms with Crippen molar-refractivity contribution in [2.24, 2.45) is 5.92 Å². The molecular weight excluding hydrogens is 232 g/mol. The fourth-order valence-electron chi connectivity index (χ4n) is 2.62. The van der Waals surface area contributed by atoms with E-state index in [1.54, 1.807) is 11.8 Å². The third-order valence-electron chi connectivity index (χ3n) is 3.80. The average molecular weight is 254 g/mol. The van der Waals surface area contributed by atoms with E-state index in [-0.39, 0.29) is 11.8 Å². The number of hydrogen-bond acceptors (Lipinski definition) is 3. The Morgan fingerprint density at radius 3 is 2.39 bits per heavy atom. The lowest BCUT2D eigenvalue weighted by atomic mass is 9.98. The van der Waals surface area contributed by atoms with Crippen LogP contribution in [0.4, 0.5) is 0 Å². The molecule has 0 aromatic heterocycles. The van der Waals surface area contributed by atoms with Gasteiger partial charge in [-0.3, -0.25) is 9.59 Å². The minimum absolute atomic E-state index is 0.0998. The maximum Gasteiger partial charge on any atom is 0.223 e. The molecule has 1 atom stereocenters. The normalized spacial score (nSPS) is 25.1. The molecule has 5 nitrogen and oxygen atoms in total. The molecule has 18 heavy (non-hydrogen) atoms. The lowest BCUT2D eigenvalue weighted by Gasteiger charge is -2.35. The van der Waals surface area contributed by atoms with Gasteiger partial charge in [-0.05, 0) is 18.8 Å². The summed E-state index contributed by atoms with van der Waals surface area (Å²) in [4.78, 5) is 27.0. The molecule has 2 amide bonds. The summed E-state index contributed by atoms with van der Waals surface area (Å²) in [5.74, 6) is 0.702. The number of amides is 2. The summed E-state index contributed by atoms with van der Waals surface area (Å²) in [6.07, 6.45) is 2.76. The largest absolute Gasteiger partial charge is 0.381 e. The van der Waals surface area contributed by atoms with Gasteiger partial charge in [-0.2, -0.15) is 0 Å². The lowest BCUT2D eigenvalue weighted by Crippen LogP contribution is -2.50. The SMILES string of the molecule is CC(=O)N1CCN(C(=O)CC2CCCOC2)CC1. The zero-order valence-electron chi connectivity index (χ0n) is 11.1. The van der Waals surface area contributed by atoms with Crippen molar-refractivity contribution in [3.8, 4) is 0 Å². The third-order valence-corrected chi connectivity index (χ3v) is 3.80.